The molecule has 0 saturated heterocycles. The standard InChI is InChI=1S/C17H18N2O6S2/c1-2-25-17(22)19-15(21)13-8-9-26-16(13)18-14(20)11-27(23,24)10-12-6-4-3-5-7-12/h3-9H,2,10-11H2,1H3,(H,18,20)(H,19,21,22). The van der Waals surface area contributed by atoms with Gasteiger partial charge in [0, 0.05) is 0 Å². The zero-order valence-electron chi connectivity index (χ0n) is 14.4. The Morgan fingerprint density at radius 3 is 2.48 bits per heavy atom. The van der Waals surface area contributed by atoms with Crippen molar-refractivity contribution in [2.45, 2.75) is 12.7 Å². The van der Waals surface area contributed by atoms with Gasteiger partial charge in [0.25, 0.3) is 5.91 Å². The number of carbonyl (C=O) groups is 3. The van der Waals surface area contributed by atoms with Crippen LogP contribution in [0, 0.1) is 0 Å². The Morgan fingerprint density at radius 1 is 1.11 bits per heavy atom. The zero-order chi connectivity index (χ0) is 19.9. The molecule has 1 aromatic carbocycles. The molecule has 27 heavy (non-hydrogen) atoms. The minimum Gasteiger partial charge on any atom is -0.450 e. The predicted molar refractivity (Wildman–Crippen MR) is 101 cm³/mol. The summed E-state index contributed by atoms with van der Waals surface area (Å²) in [5.74, 6) is -2.50. The summed E-state index contributed by atoms with van der Waals surface area (Å²) in [6, 6.07) is 9.92. The average molecular weight is 410 g/mol. The van der Waals surface area contributed by atoms with Gasteiger partial charge in [-0.2, -0.15) is 0 Å². The number of thiophene rings is 1. The molecule has 144 valence electrons. The van der Waals surface area contributed by atoms with Crippen molar-refractivity contribution in [2.75, 3.05) is 17.7 Å². The van der Waals surface area contributed by atoms with E-state index in [2.05, 4.69) is 10.1 Å². The number of rotatable bonds is 7. The molecule has 0 spiro atoms. The summed E-state index contributed by atoms with van der Waals surface area (Å²) in [4.78, 5) is 35.5. The van der Waals surface area contributed by atoms with Crippen molar-refractivity contribution in [2.24, 2.45) is 0 Å². The van der Waals surface area contributed by atoms with Gasteiger partial charge in [-0.25, -0.2) is 13.2 Å². The lowest BCUT2D eigenvalue weighted by atomic mass is 10.2. The fraction of sp³-hybridized carbons (Fsp3) is 0.235. The SMILES string of the molecule is CCOC(=O)NC(=O)c1ccsc1NC(=O)CS(=O)(=O)Cc1ccccc1. The molecule has 0 fully saturated rings. The van der Waals surface area contributed by atoms with Crippen molar-refractivity contribution in [3.8, 4) is 0 Å². The molecule has 2 N–H and O–H groups in total. The van der Waals surface area contributed by atoms with Crippen molar-refractivity contribution in [3.63, 3.8) is 0 Å². The van der Waals surface area contributed by atoms with Crippen LogP contribution in [0.5, 0.6) is 0 Å². The topological polar surface area (TPSA) is 119 Å². The Morgan fingerprint density at radius 2 is 1.81 bits per heavy atom. The van der Waals surface area contributed by atoms with Gasteiger partial charge in [0.2, 0.25) is 5.91 Å². The van der Waals surface area contributed by atoms with Crippen LogP contribution in [0.15, 0.2) is 41.8 Å². The maximum absolute atomic E-state index is 12.2. The summed E-state index contributed by atoms with van der Waals surface area (Å²) < 4.78 is 29.0. The second kappa shape index (κ2) is 9.28. The number of sulfone groups is 1. The minimum absolute atomic E-state index is 0.0434. The second-order valence-corrected chi connectivity index (χ2v) is 8.38. The highest BCUT2D eigenvalue weighted by Gasteiger charge is 2.21. The fourth-order valence-corrected chi connectivity index (χ4v) is 4.23. The van der Waals surface area contributed by atoms with Gasteiger partial charge in [-0.05, 0) is 23.9 Å². The normalized spacial score (nSPS) is 10.9. The van der Waals surface area contributed by atoms with Gasteiger partial charge in [0.15, 0.2) is 9.84 Å². The number of imide groups is 1. The van der Waals surface area contributed by atoms with E-state index in [-0.39, 0.29) is 22.9 Å². The molecule has 1 heterocycles. The summed E-state index contributed by atoms with van der Waals surface area (Å²) in [6.07, 6.45) is -0.906. The second-order valence-electron chi connectivity index (χ2n) is 5.40. The molecule has 0 aliphatic rings. The number of hydrogen-bond donors (Lipinski definition) is 2. The van der Waals surface area contributed by atoms with Crippen molar-refractivity contribution < 1.29 is 27.5 Å². The number of carbonyl (C=O) groups excluding carboxylic acids is 3. The number of nitrogens with one attached hydrogen (secondary N) is 2. The first-order valence-corrected chi connectivity index (χ1v) is 10.6. The Bertz CT molecular complexity index is 922. The number of benzene rings is 1. The lowest BCUT2D eigenvalue weighted by molar-refractivity contribution is -0.113. The highest BCUT2D eigenvalue weighted by molar-refractivity contribution is 7.91. The summed E-state index contributed by atoms with van der Waals surface area (Å²) in [7, 11) is -3.68. The van der Waals surface area contributed by atoms with Crippen molar-refractivity contribution in [1.29, 1.82) is 0 Å². The maximum atomic E-state index is 12.2. The Kier molecular flexibility index (Phi) is 7.08. The van der Waals surface area contributed by atoms with E-state index in [0.717, 1.165) is 11.3 Å². The molecule has 3 amide bonds. The van der Waals surface area contributed by atoms with Gasteiger partial charge >= 0.3 is 6.09 Å². The summed E-state index contributed by atoms with van der Waals surface area (Å²) in [5, 5.41) is 6.11. The largest absolute Gasteiger partial charge is 0.450 e. The predicted octanol–water partition coefficient (Wildman–Crippen LogP) is 2.19. The van der Waals surface area contributed by atoms with Gasteiger partial charge in [-0.3, -0.25) is 14.9 Å². The number of amides is 3. The van der Waals surface area contributed by atoms with Crippen LogP contribution in [0.1, 0.15) is 22.8 Å². The molecule has 0 aliphatic heterocycles. The molecule has 0 atom stereocenters. The number of alkyl carbamates (subject to hydrolysis) is 1. The molecule has 0 bridgehead atoms. The van der Waals surface area contributed by atoms with Gasteiger partial charge < -0.3 is 10.1 Å². The van der Waals surface area contributed by atoms with E-state index >= 15 is 0 Å². The van der Waals surface area contributed by atoms with Crippen LogP contribution in [-0.2, 0) is 25.1 Å². The Labute approximate surface area is 160 Å². The Balaban J connectivity index is 1.99. The van der Waals surface area contributed by atoms with Crippen LogP contribution in [0.25, 0.3) is 0 Å². The fourth-order valence-electron chi connectivity index (χ4n) is 2.15. The lowest BCUT2D eigenvalue weighted by Gasteiger charge is -2.08. The average Bonchev–Trinajstić information content (AvgIpc) is 3.02. The van der Waals surface area contributed by atoms with E-state index in [1.165, 1.54) is 11.4 Å². The quantitative estimate of drug-likeness (QED) is 0.722. The van der Waals surface area contributed by atoms with Crippen LogP contribution in [0.3, 0.4) is 0 Å². The van der Waals surface area contributed by atoms with Crippen molar-refractivity contribution in [3.05, 3.63) is 52.9 Å². The number of anilines is 1. The van der Waals surface area contributed by atoms with Gasteiger partial charge in [0.05, 0.1) is 17.9 Å². The number of ether oxygens (including phenoxy) is 1. The molecule has 0 aliphatic carbocycles. The third kappa shape index (κ3) is 6.50. The molecule has 0 saturated carbocycles. The highest BCUT2D eigenvalue weighted by atomic mass is 32.2. The third-order valence-electron chi connectivity index (χ3n) is 3.23. The highest BCUT2D eigenvalue weighted by Crippen LogP contribution is 2.23. The smallest absolute Gasteiger partial charge is 0.414 e. The van der Waals surface area contributed by atoms with Crippen molar-refractivity contribution in [1.82, 2.24) is 5.32 Å². The molecule has 8 nitrogen and oxygen atoms in total. The lowest BCUT2D eigenvalue weighted by Crippen LogP contribution is -2.31. The molecule has 10 heteroatoms. The number of hydrogen-bond acceptors (Lipinski definition) is 7. The van der Waals surface area contributed by atoms with Crippen LogP contribution in [0.2, 0.25) is 0 Å². The van der Waals surface area contributed by atoms with Crippen LogP contribution < -0.4 is 10.6 Å². The van der Waals surface area contributed by atoms with E-state index in [0.29, 0.717) is 5.56 Å². The van der Waals surface area contributed by atoms with Gasteiger partial charge in [-0.1, -0.05) is 30.3 Å². The molecule has 2 rings (SSSR count). The van der Waals surface area contributed by atoms with E-state index in [9.17, 15) is 22.8 Å². The van der Waals surface area contributed by atoms with E-state index in [1.807, 2.05) is 5.32 Å². The van der Waals surface area contributed by atoms with Crippen LogP contribution >= 0.6 is 11.3 Å². The molecular formula is C17H18N2O6S2. The first-order chi connectivity index (χ1) is 12.8. The monoisotopic (exact) mass is 410 g/mol. The first-order valence-electron chi connectivity index (χ1n) is 7.90. The molecule has 2 aromatic rings. The van der Waals surface area contributed by atoms with E-state index < -0.39 is 33.5 Å². The van der Waals surface area contributed by atoms with Gasteiger partial charge in [0.1, 0.15) is 10.8 Å². The summed E-state index contributed by atoms with van der Waals surface area (Å²) >= 11 is 1.04. The summed E-state index contributed by atoms with van der Waals surface area (Å²) in [6.45, 7) is 1.70. The van der Waals surface area contributed by atoms with Crippen LogP contribution in [-0.4, -0.2) is 38.7 Å². The van der Waals surface area contributed by atoms with E-state index in [4.69, 9.17) is 0 Å². The zero-order valence-corrected chi connectivity index (χ0v) is 16.1. The first kappa shape index (κ1) is 20.6. The molecule has 0 radical (unpaired) electrons. The van der Waals surface area contributed by atoms with Crippen LogP contribution in [0.4, 0.5) is 9.80 Å². The third-order valence-corrected chi connectivity index (χ3v) is 5.54. The molecule has 1 aromatic heterocycles. The van der Waals surface area contributed by atoms with Crippen molar-refractivity contribution >= 4 is 44.1 Å². The maximum Gasteiger partial charge on any atom is 0.414 e. The summed E-state index contributed by atoms with van der Waals surface area (Å²) in [5.41, 5.74) is 0.623. The Hall–Kier alpha value is -2.72. The molecule has 0 unspecified atom stereocenters. The minimum atomic E-state index is -3.68. The van der Waals surface area contributed by atoms with E-state index in [1.54, 1.807) is 37.3 Å². The van der Waals surface area contributed by atoms with Gasteiger partial charge in [-0.15, -0.1) is 11.3 Å². The molecular weight excluding hydrogens is 392 g/mol.